The fourth-order valence-electron chi connectivity index (χ4n) is 2.52. The van der Waals surface area contributed by atoms with Crippen molar-refractivity contribution >= 4 is 45.9 Å². The minimum atomic E-state index is -0.191. The van der Waals surface area contributed by atoms with Gasteiger partial charge in [-0.15, -0.1) is 11.3 Å². The van der Waals surface area contributed by atoms with Crippen LogP contribution >= 0.6 is 22.9 Å². The molecule has 6 heteroatoms. The maximum Gasteiger partial charge on any atom is 0.284 e. The Labute approximate surface area is 153 Å². The van der Waals surface area contributed by atoms with Crippen molar-refractivity contribution in [3.8, 4) is 0 Å². The van der Waals surface area contributed by atoms with Crippen LogP contribution in [0.3, 0.4) is 0 Å². The molecule has 1 aliphatic heterocycles. The van der Waals surface area contributed by atoms with Crippen LogP contribution in [0.15, 0.2) is 76.9 Å². The Morgan fingerprint density at radius 1 is 1.04 bits per heavy atom. The first-order valence-electron chi connectivity index (χ1n) is 7.58. The Kier molecular flexibility index (Phi) is 4.17. The number of rotatable bonds is 3. The molecule has 4 nitrogen and oxygen atoms in total. The molecule has 0 bridgehead atoms. The largest absolute Gasteiger partial charge is 0.284 e. The summed E-state index contributed by atoms with van der Waals surface area (Å²) in [6, 6.07) is 16.9. The van der Waals surface area contributed by atoms with Crippen LogP contribution in [-0.2, 0) is 4.79 Å². The standard InChI is InChI=1S/C19H12ClN3OS/c20-15-8-6-13(7-9-15)12-16-18(24)23(19-21-10-11-25-19)17(22-16)14-4-2-1-3-5-14/h1-12H/b16-12+. The second-order valence-electron chi connectivity index (χ2n) is 5.34. The summed E-state index contributed by atoms with van der Waals surface area (Å²) in [5.41, 5.74) is 2.10. The molecule has 0 N–H and O–H groups in total. The summed E-state index contributed by atoms with van der Waals surface area (Å²) in [5.74, 6) is 0.393. The van der Waals surface area contributed by atoms with Crippen LogP contribution in [0.2, 0.25) is 5.02 Å². The van der Waals surface area contributed by atoms with E-state index in [2.05, 4.69) is 9.98 Å². The SMILES string of the molecule is O=C1/C(=C\c2ccc(Cl)cc2)N=C(c2ccccc2)N1c1nccs1. The van der Waals surface area contributed by atoms with Crippen molar-refractivity contribution in [3.63, 3.8) is 0 Å². The van der Waals surface area contributed by atoms with Crippen molar-refractivity contribution in [1.82, 2.24) is 4.98 Å². The van der Waals surface area contributed by atoms with Crippen molar-refractivity contribution in [3.05, 3.63) is 88.0 Å². The van der Waals surface area contributed by atoms with Crippen molar-refractivity contribution < 1.29 is 4.79 Å². The number of thiazole rings is 1. The molecule has 4 rings (SSSR count). The fraction of sp³-hybridized carbons (Fsp3) is 0. The highest BCUT2D eigenvalue weighted by Gasteiger charge is 2.33. The summed E-state index contributed by atoms with van der Waals surface area (Å²) in [6.45, 7) is 0. The molecule has 0 atom stereocenters. The van der Waals surface area contributed by atoms with Crippen LogP contribution in [0.25, 0.3) is 6.08 Å². The molecule has 0 unspecified atom stereocenters. The van der Waals surface area contributed by atoms with Gasteiger partial charge in [-0.2, -0.15) is 0 Å². The van der Waals surface area contributed by atoms with E-state index in [4.69, 9.17) is 11.6 Å². The lowest BCUT2D eigenvalue weighted by atomic mass is 10.2. The molecule has 3 aromatic rings. The van der Waals surface area contributed by atoms with E-state index in [0.29, 0.717) is 21.7 Å². The molecule has 25 heavy (non-hydrogen) atoms. The zero-order chi connectivity index (χ0) is 17.2. The first kappa shape index (κ1) is 15.7. The van der Waals surface area contributed by atoms with Gasteiger partial charge in [0.15, 0.2) is 5.13 Å². The van der Waals surface area contributed by atoms with Gasteiger partial charge in [0.1, 0.15) is 11.5 Å². The molecule has 1 aliphatic rings. The Balaban J connectivity index is 1.80. The Morgan fingerprint density at radius 3 is 2.48 bits per heavy atom. The van der Waals surface area contributed by atoms with E-state index in [1.165, 1.54) is 11.3 Å². The highest BCUT2D eigenvalue weighted by atomic mass is 35.5. The van der Waals surface area contributed by atoms with E-state index in [9.17, 15) is 4.79 Å². The molecule has 0 saturated heterocycles. The highest BCUT2D eigenvalue weighted by molar-refractivity contribution is 7.14. The monoisotopic (exact) mass is 365 g/mol. The van der Waals surface area contributed by atoms with Gasteiger partial charge in [-0.25, -0.2) is 14.9 Å². The summed E-state index contributed by atoms with van der Waals surface area (Å²) >= 11 is 7.32. The minimum absolute atomic E-state index is 0.191. The number of benzene rings is 2. The van der Waals surface area contributed by atoms with Gasteiger partial charge in [0.25, 0.3) is 5.91 Å². The number of anilines is 1. The smallest absolute Gasteiger partial charge is 0.266 e. The molecule has 0 radical (unpaired) electrons. The maximum absolute atomic E-state index is 12.9. The van der Waals surface area contributed by atoms with Crippen LogP contribution in [0.5, 0.6) is 0 Å². The average Bonchev–Trinajstić information content (AvgIpc) is 3.26. The summed E-state index contributed by atoms with van der Waals surface area (Å²) in [7, 11) is 0. The molecule has 0 saturated carbocycles. The van der Waals surface area contributed by atoms with E-state index in [0.717, 1.165) is 11.1 Å². The van der Waals surface area contributed by atoms with Crippen LogP contribution in [0.1, 0.15) is 11.1 Å². The maximum atomic E-state index is 12.9. The van der Waals surface area contributed by atoms with Crippen molar-refractivity contribution in [2.45, 2.75) is 0 Å². The normalized spacial score (nSPS) is 15.7. The van der Waals surface area contributed by atoms with Gasteiger partial charge >= 0.3 is 0 Å². The summed E-state index contributed by atoms with van der Waals surface area (Å²) in [5, 5.41) is 3.09. The van der Waals surface area contributed by atoms with Gasteiger partial charge in [0.2, 0.25) is 0 Å². The first-order valence-corrected chi connectivity index (χ1v) is 8.83. The van der Waals surface area contributed by atoms with E-state index < -0.39 is 0 Å². The third kappa shape index (κ3) is 3.12. The Morgan fingerprint density at radius 2 is 1.80 bits per heavy atom. The highest BCUT2D eigenvalue weighted by Crippen LogP contribution is 2.29. The number of hydrogen-bond donors (Lipinski definition) is 0. The van der Waals surface area contributed by atoms with E-state index in [1.807, 2.05) is 47.8 Å². The van der Waals surface area contributed by atoms with Gasteiger partial charge in [-0.3, -0.25) is 4.79 Å². The zero-order valence-electron chi connectivity index (χ0n) is 13.0. The van der Waals surface area contributed by atoms with Crippen LogP contribution < -0.4 is 4.90 Å². The number of aliphatic imine (C=N–C) groups is 1. The van der Waals surface area contributed by atoms with Gasteiger partial charge in [-0.05, 0) is 23.8 Å². The molecular formula is C19H12ClN3OS. The molecular weight excluding hydrogens is 354 g/mol. The summed E-state index contributed by atoms with van der Waals surface area (Å²) in [6.07, 6.45) is 3.44. The quantitative estimate of drug-likeness (QED) is 0.635. The number of aromatic nitrogens is 1. The number of amidine groups is 1. The Bertz CT molecular complexity index is 964. The van der Waals surface area contributed by atoms with Gasteiger partial charge < -0.3 is 0 Å². The third-order valence-corrected chi connectivity index (χ3v) is 4.68. The number of carbonyl (C=O) groups excluding carboxylic acids is 1. The topological polar surface area (TPSA) is 45.6 Å². The molecule has 1 aromatic heterocycles. The Hall–Kier alpha value is -2.76. The second kappa shape index (κ2) is 6.63. The van der Waals surface area contributed by atoms with Crippen LogP contribution in [0, 0.1) is 0 Å². The number of amides is 1. The number of halogens is 1. The molecule has 122 valence electrons. The fourth-order valence-corrected chi connectivity index (χ4v) is 3.28. The average molecular weight is 366 g/mol. The van der Waals surface area contributed by atoms with Crippen LogP contribution in [0.4, 0.5) is 5.13 Å². The van der Waals surface area contributed by atoms with E-state index >= 15 is 0 Å². The molecule has 0 aliphatic carbocycles. The lowest BCUT2D eigenvalue weighted by molar-refractivity contribution is -0.113. The second-order valence-corrected chi connectivity index (χ2v) is 6.65. The molecule has 2 aromatic carbocycles. The number of carbonyl (C=O) groups is 1. The van der Waals surface area contributed by atoms with E-state index in [1.54, 1.807) is 29.3 Å². The van der Waals surface area contributed by atoms with Crippen molar-refractivity contribution in [2.24, 2.45) is 4.99 Å². The van der Waals surface area contributed by atoms with Gasteiger partial charge in [0.05, 0.1) is 0 Å². The zero-order valence-corrected chi connectivity index (χ0v) is 14.5. The molecule has 0 spiro atoms. The predicted octanol–water partition coefficient (Wildman–Crippen LogP) is 4.63. The lowest BCUT2D eigenvalue weighted by Crippen LogP contribution is -2.32. The van der Waals surface area contributed by atoms with E-state index in [-0.39, 0.29) is 5.91 Å². The van der Waals surface area contributed by atoms with Crippen molar-refractivity contribution in [2.75, 3.05) is 4.90 Å². The minimum Gasteiger partial charge on any atom is -0.266 e. The number of hydrogen-bond acceptors (Lipinski definition) is 4. The van der Waals surface area contributed by atoms with Gasteiger partial charge in [0, 0.05) is 22.2 Å². The first-order chi connectivity index (χ1) is 12.2. The number of nitrogens with zero attached hydrogens (tertiary/aromatic N) is 3. The lowest BCUT2D eigenvalue weighted by Gasteiger charge is -2.14. The summed E-state index contributed by atoms with van der Waals surface area (Å²) < 4.78 is 0. The molecule has 0 fully saturated rings. The van der Waals surface area contributed by atoms with Gasteiger partial charge in [-0.1, -0.05) is 54.1 Å². The summed E-state index contributed by atoms with van der Waals surface area (Å²) in [4.78, 5) is 23.4. The van der Waals surface area contributed by atoms with Crippen molar-refractivity contribution in [1.29, 1.82) is 0 Å². The molecule has 2 heterocycles. The third-order valence-electron chi connectivity index (χ3n) is 3.68. The molecule has 1 amide bonds. The van der Waals surface area contributed by atoms with Crippen LogP contribution in [-0.4, -0.2) is 16.7 Å². The predicted molar refractivity (Wildman–Crippen MR) is 102 cm³/mol.